The summed E-state index contributed by atoms with van der Waals surface area (Å²) in [6.45, 7) is 2.87. The molecule has 1 fully saturated rings. The van der Waals surface area contributed by atoms with Crippen LogP contribution in [0.2, 0.25) is 0 Å². The normalized spacial score (nSPS) is 18.9. The summed E-state index contributed by atoms with van der Waals surface area (Å²) in [5.74, 6) is -2.25. The summed E-state index contributed by atoms with van der Waals surface area (Å²) in [6.07, 6.45) is 5.11. The maximum absolute atomic E-state index is 14.0. The largest absolute Gasteiger partial charge is 0.398 e. The van der Waals surface area contributed by atoms with E-state index in [9.17, 15) is 13.6 Å². The van der Waals surface area contributed by atoms with Crippen molar-refractivity contribution < 1.29 is 13.6 Å². The zero-order valence-electron chi connectivity index (χ0n) is 15.5. The average Bonchev–Trinajstić information content (AvgIpc) is 3.37. The van der Waals surface area contributed by atoms with E-state index in [1.54, 1.807) is 30.5 Å². The van der Waals surface area contributed by atoms with Crippen LogP contribution in [0.25, 0.3) is 21.9 Å². The molecule has 3 N–H and O–H groups in total. The quantitative estimate of drug-likeness (QED) is 0.647. The molecule has 0 radical (unpaired) electrons. The molecule has 144 valence electrons. The van der Waals surface area contributed by atoms with E-state index in [0.717, 1.165) is 13.3 Å². The summed E-state index contributed by atoms with van der Waals surface area (Å²) < 4.78 is 28.0. The molecule has 0 saturated heterocycles. The number of alkyl halides is 2. The molecule has 0 aliphatic heterocycles. The molecule has 1 aromatic carbocycles. The smallest absolute Gasteiger partial charge is 0.272 e. The molecule has 4 rings (SSSR count). The number of amides is 1. The number of carbonyl (C=O) groups excluding carboxylic acids is 1. The van der Waals surface area contributed by atoms with Crippen LogP contribution in [0.5, 0.6) is 0 Å². The van der Waals surface area contributed by atoms with Crippen LogP contribution in [0, 0.1) is 11.8 Å². The lowest BCUT2D eigenvalue weighted by Crippen LogP contribution is -2.15. The lowest BCUT2D eigenvalue weighted by Gasteiger charge is -2.16. The highest BCUT2D eigenvalue weighted by Gasteiger charge is 2.39. The number of hydrogen-bond acceptors (Lipinski definition) is 4. The number of aromatic nitrogens is 2. The number of benzene rings is 1. The van der Waals surface area contributed by atoms with Gasteiger partial charge in [0.05, 0.1) is 0 Å². The molecule has 3 aromatic rings. The third-order valence-electron chi connectivity index (χ3n) is 5.17. The van der Waals surface area contributed by atoms with Gasteiger partial charge in [-0.15, -0.1) is 0 Å². The van der Waals surface area contributed by atoms with Gasteiger partial charge in [-0.05, 0) is 53.1 Å². The minimum Gasteiger partial charge on any atom is -0.398 e. The zero-order valence-corrected chi connectivity index (χ0v) is 15.5. The molecule has 7 heteroatoms. The number of rotatable bonds is 4. The van der Waals surface area contributed by atoms with Crippen molar-refractivity contribution in [3.05, 3.63) is 48.4 Å². The standard InChI is InChI=1S/C21H20F2N4O/c1-11-5-15(11)20(28)27-19-8-13-6-12(7-18(24)16(13)9-26-19)14-3-4-25-10-17(14)21(2,22)23/h3-4,6-11,15H,5,24H2,1-2H3,(H,26,27,28)/t11-,15-/m0/s1. The molecule has 1 aliphatic rings. The molecule has 0 unspecified atom stereocenters. The van der Waals surface area contributed by atoms with Crippen LogP contribution in [0.1, 0.15) is 25.8 Å². The SMILES string of the molecule is C[C@H]1C[C@@H]1C(=O)Nc1cc2cc(-c3ccncc3C(C)(F)F)cc(N)c2cn1. The van der Waals surface area contributed by atoms with Gasteiger partial charge in [-0.25, -0.2) is 13.8 Å². The second kappa shape index (κ2) is 6.51. The Labute approximate surface area is 161 Å². The van der Waals surface area contributed by atoms with Gasteiger partial charge in [0.25, 0.3) is 5.92 Å². The van der Waals surface area contributed by atoms with Crippen molar-refractivity contribution >= 4 is 28.2 Å². The highest BCUT2D eigenvalue weighted by atomic mass is 19.3. The number of anilines is 2. The van der Waals surface area contributed by atoms with Crippen LogP contribution >= 0.6 is 0 Å². The third-order valence-corrected chi connectivity index (χ3v) is 5.17. The van der Waals surface area contributed by atoms with E-state index < -0.39 is 5.92 Å². The van der Waals surface area contributed by atoms with E-state index >= 15 is 0 Å². The van der Waals surface area contributed by atoms with Gasteiger partial charge in [-0.3, -0.25) is 9.78 Å². The van der Waals surface area contributed by atoms with Crippen molar-refractivity contribution in [2.24, 2.45) is 11.8 Å². The van der Waals surface area contributed by atoms with E-state index in [2.05, 4.69) is 15.3 Å². The Bertz CT molecular complexity index is 1080. The Morgan fingerprint density at radius 1 is 1.29 bits per heavy atom. The monoisotopic (exact) mass is 382 g/mol. The molecule has 5 nitrogen and oxygen atoms in total. The summed E-state index contributed by atoms with van der Waals surface area (Å²) in [4.78, 5) is 20.3. The Balaban J connectivity index is 1.76. The Hall–Kier alpha value is -3.09. The number of nitrogens with zero attached hydrogens (tertiary/aromatic N) is 2. The first-order valence-electron chi connectivity index (χ1n) is 9.07. The fourth-order valence-corrected chi connectivity index (χ4v) is 3.41. The van der Waals surface area contributed by atoms with Crippen molar-refractivity contribution in [3.63, 3.8) is 0 Å². The van der Waals surface area contributed by atoms with Gasteiger partial charge in [0.2, 0.25) is 5.91 Å². The number of fused-ring (bicyclic) bond motifs is 1. The van der Waals surface area contributed by atoms with Crippen LogP contribution in [0.15, 0.2) is 42.9 Å². The van der Waals surface area contributed by atoms with Gasteiger partial charge in [0.1, 0.15) is 5.82 Å². The highest BCUT2D eigenvalue weighted by molar-refractivity contribution is 6.00. The average molecular weight is 382 g/mol. The van der Waals surface area contributed by atoms with Crippen LogP contribution in [0.3, 0.4) is 0 Å². The molecule has 0 spiro atoms. The number of pyridine rings is 2. The lowest BCUT2D eigenvalue weighted by molar-refractivity contribution is -0.117. The molecule has 0 bridgehead atoms. The van der Waals surface area contributed by atoms with Gasteiger partial charge in [-0.2, -0.15) is 0 Å². The fraction of sp³-hybridized carbons (Fsp3) is 0.286. The summed E-state index contributed by atoms with van der Waals surface area (Å²) >= 11 is 0. The number of nitrogens with two attached hydrogens (primary N) is 1. The molecule has 1 amide bonds. The van der Waals surface area contributed by atoms with Crippen molar-refractivity contribution in [2.45, 2.75) is 26.2 Å². The van der Waals surface area contributed by atoms with Crippen LogP contribution in [0.4, 0.5) is 20.3 Å². The van der Waals surface area contributed by atoms with Crippen molar-refractivity contribution in [2.75, 3.05) is 11.1 Å². The molecular formula is C21H20F2N4O. The van der Waals surface area contributed by atoms with Crippen molar-refractivity contribution in [1.82, 2.24) is 9.97 Å². The van der Waals surface area contributed by atoms with Crippen LogP contribution in [-0.4, -0.2) is 15.9 Å². The first-order valence-corrected chi connectivity index (χ1v) is 9.07. The minimum atomic E-state index is -3.04. The highest BCUT2D eigenvalue weighted by Crippen LogP contribution is 2.39. The molecule has 2 atom stereocenters. The predicted octanol–water partition coefficient (Wildman–Crippen LogP) is 4.59. The van der Waals surface area contributed by atoms with Gasteiger partial charge in [-0.1, -0.05) is 6.92 Å². The predicted molar refractivity (Wildman–Crippen MR) is 105 cm³/mol. The van der Waals surface area contributed by atoms with Gasteiger partial charge in [0, 0.05) is 48.1 Å². The van der Waals surface area contributed by atoms with E-state index in [-0.39, 0.29) is 17.4 Å². The summed E-state index contributed by atoms with van der Waals surface area (Å²) in [6, 6.07) is 6.68. The van der Waals surface area contributed by atoms with Gasteiger partial charge in [0.15, 0.2) is 0 Å². The van der Waals surface area contributed by atoms with Crippen molar-refractivity contribution in [1.29, 1.82) is 0 Å². The molecular weight excluding hydrogens is 362 g/mol. The Morgan fingerprint density at radius 2 is 2.04 bits per heavy atom. The Morgan fingerprint density at radius 3 is 2.71 bits per heavy atom. The third kappa shape index (κ3) is 3.40. The second-order valence-electron chi connectivity index (χ2n) is 7.47. The van der Waals surface area contributed by atoms with E-state index in [1.807, 2.05) is 6.92 Å². The summed E-state index contributed by atoms with van der Waals surface area (Å²) in [7, 11) is 0. The van der Waals surface area contributed by atoms with Gasteiger partial charge >= 0.3 is 0 Å². The number of nitrogens with one attached hydrogen (secondary N) is 1. The summed E-state index contributed by atoms with van der Waals surface area (Å²) in [5, 5.41) is 4.23. The number of carbonyl (C=O) groups is 1. The fourth-order valence-electron chi connectivity index (χ4n) is 3.41. The summed E-state index contributed by atoms with van der Waals surface area (Å²) in [5.41, 5.74) is 7.33. The Kier molecular flexibility index (Phi) is 4.25. The van der Waals surface area contributed by atoms with Crippen LogP contribution in [-0.2, 0) is 10.7 Å². The number of halogens is 2. The molecule has 1 saturated carbocycles. The first-order chi connectivity index (χ1) is 13.2. The van der Waals surface area contributed by atoms with Gasteiger partial charge < -0.3 is 11.1 Å². The first kappa shape index (κ1) is 18.3. The molecule has 28 heavy (non-hydrogen) atoms. The maximum Gasteiger partial charge on any atom is 0.272 e. The molecule has 2 heterocycles. The number of hydrogen-bond donors (Lipinski definition) is 2. The second-order valence-corrected chi connectivity index (χ2v) is 7.47. The molecule has 2 aromatic heterocycles. The van der Waals surface area contributed by atoms with E-state index in [0.29, 0.717) is 39.3 Å². The number of nitrogen functional groups attached to an aromatic ring is 1. The lowest BCUT2D eigenvalue weighted by atomic mass is 9.96. The van der Waals surface area contributed by atoms with Crippen LogP contribution < -0.4 is 11.1 Å². The minimum absolute atomic E-state index is 0.0278. The van der Waals surface area contributed by atoms with E-state index in [1.165, 1.54) is 12.4 Å². The topological polar surface area (TPSA) is 80.9 Å². The maximum atomic E-state index is 14.0. The molecule has 1 aliphatic carbocycles. The zero-order chi connectivity index (χ0) is 20.1. The van der Waals surface area contributed by atoms with E-state index in [4.69, 9.17) is 5.73 Å². The van der Waals surface area contributed by atoms with Crippen molar-refractivity contribution in [3.8, 4) is 11.1 Å².